The molecule has 0 spiro atoms. The van der Waals surface area contributed by atoms with Crippen LogP contribution >= 0.6 is 0 Å². The number of amides is 1. The summed E-state index contributed by atoms with van der Waals surface area (Å²) in [5.41, 5.74) is 0.0211. The third-order valence-corrected chi connectivity index (χ3v) is 4.71. The summed E-state index contributed by atoms with van der Waals surface area (Å²) < 4.78 is 36.3. The van der Waals surface area contributed by atoms with Crippen molar-refractivity contribution in [3.8, 4) is 0 Å². The summed E-state index contributed by atoms with van der Waals surface area (Å²) in [6.45, 7) is 2.36. The van der Waals surface area contributed by atoms with Gasteiger partial charge in [-0.3, -0.25) is 4.79 Å². The Bertz CT molecular complexity index is 640. The first kappa shape index (κ1) is 15.9. The topological polar surface area (TPSA) is 80.5 Å². The van der Waals surface area contributed by atoms with E-state index in [-0.39, 0.29) is 22.4 Å². The second kappa shape index (κ2) is 6.11. The number of hydrogen-bond acceptors (Lipinski definition) is 3. The fourth-order valence-electron chi connectivity index (χ4n) is 2.80. The Kier molecular flexibility index (Phi) is 4.63. The van der Waals surface area contributed by atoms with Gasteiger partial charge in [-0.2, -0.15) is 0 Å². The number of carbonyl (C=O) groups is 1. The average Bonchev–Trinajstić information content (AvgIpc) is 2.91. The number of sulfonamides is 1. The van der Waals surface area contributed by atoms with Crippen LogP contribution in [0, 0.1) is 5.82 Å². The van der Waals surface area contributed by atoms with Crippen LogP contribution in [0.1, 0.15) is 43.0 Å². The predicted molar refractivity (Wildman–Crippen MR) is 76.7 cm³/mol. The maximum Gasteiger partial charge on any atom is 0.254 e. The van der Waals surface area contributed by atoms with Crippen molar-refractivity contribution >= 4 is 15.9 Å². The molecule has 1 aromatic rings. The van der Waals surface area contributed by atoms with Gasteiger partial charge < -0.3 is 4.90 Å². The van der Waals surface area contributed by atoms with Gasteiger partial charge in [-0.25, -0.2) is 17.9 Å². The van der Waals surface area contributed by atoms with Gasteiger partial charge in [0.2, 0.25) is 10.0 Å². The summed E-state index contributed by atoms with van der Waals surface area (Å²) in [6, 6.07) is 3.15. The molecule has 0 aliphatic heterocycles. The van der Waals surface area contributed by atoms with E-state index in [0.29, 0.717) is 6.54 Å². The van der Waals surface area contributed by atoms with Crippen LogP contribution in [0.2, 0.25) is 0 Å². The summed E-state index contributed by atoms with van der Waals surface area (Å²) in [4.78, 5) is 13.8. The number of primary sulfonamides is 1. The minimum atomic E-state index is -4.04. The van der Waals surface area contributed by atoms with Gasteiger partial charge in [0.15, 0.2) is 0 Å². The third kappa shape index (κ3) is 3.59. The lowest BCUT2D eigenvalue weighted by atomic mass is 10.1. The summed E-state index contributed by atoms with van der Waals surface area (Å²) in [7, 11) is -4.04. The smallest absolute Gasteiger partial charge is 0.254 e. The molecule has 1 saturated carbocycles. The second-order valence-electron chi connectivity index (χ2n) is 5.25. The molecule has 2 rings (SSSR count). The number of nitrogens with zero attached hydrogens (tertiary/aromatic N) is 1. The van der Waals surface area contributed by atoms with Gasteiger partial charge in [0.1, 0.15) is 5.82 Å². The van der Waals surface area contributed by atoms with E-state index in [1.165, 1.54) is 0 Å². The number of benzene rings is 1. The molecule has 21 heavy (non-hydrogen) atoms. The number of carbonyl (C=O) groups excluding carboxylic acids is 1. The van der Waals surface area contributed by atoms with E-state index < -0.39 is 15.8 Å². The first-order valence-electron chi connectivity index (χ1n) is 6.97. The van der Waals surface area contributed by atoms with E-state index in [1.54, 1.807) is 4.90 Å². The van der Waals surface area contributed by atoms with Crippen molar-refractivity contribution in [1.29, 1.82) is 0 Å². The Morgan fingerprint density at radius 3 is 2.48 bits per heavy atom. The minimum Gasteiger partial charge on any atom is -0.336 e. The van der Waals surface area contributed by atoms with Gasteiger partial charge >= 0.3 is 0 Å². The van der Waals surface area contributed by atoms with Gasteiger partial charge in [-0.05, 0) is 38.0 Å². The molecule has 0 unspecified atom stereocenters. The van der Waals surface area contributed by atoms with Crippen LogP contribution in [-0.2, 0) is 10.0 Å². The summed E-state index contributed by atoms with van der Waals surface area (Å²) in [6.07, 6.45) is 3.99. The molecule has 7 heteroatoms. The monoisotopic (exact) mass is 314 g/mol. The Morgan fingerprint density at radius 2 is 1.95 bits per heavy atom. The highest BCUT2D eigenvalue weighted by Gasteiger charge is 2.27. The molecule has 1 aromatic carbocycles. The van der Waals surface area contributed by atoms with Crippen LogP contribution in [0.15, 0.2) is 23.1 Å². The minimum absolute atomic E-state index is 0.0211. The molecule has 116 valence electrons. The van der Waals surface area contributed by atoms with E-state index in [9.17, 15) is 17.6 Å². The Hall–Kier alpha value is -1.47. The number of halogens is 1. The third-order valence-electron chi connectivity index (χ3n) is 3.81. The lowest BCUT2D eigenvalue weighted by Gasteiger charge is -2.27. The lowest BCUT2D eigenvalue weighted by molar-refractivity contribution is 0.0693. The fraction of sp³-hybridized carbons (Fsp3) is 0.500. The van der Waals surface area contributed by atoms with Crippen molar-refractivity contribution in [2.75, 3.05) is 6.54 Å². The predicted octanol–water partition coefficient (Wildman–Crippen LogP) is 1.88. The maximum atomic E-state index is 13.6. The van der Waals surface area contributed by atoms with Crippen molar-refractivity contribution in [1.82, 2.24) is 4.90 Å². The van der Waals surface area contributed by atoms with Crippen LogP contribution < -0.4 is 5.14 Å². The summed E-state index contributed by atoms with van der Waals surface area (Å²) in [5.74, 6) is -1.14. The maximum absolute atomic E-state index is 13.6. The first-order valence-corrected chi connectivity index (χ1v) is 8.52. The Labute approximate surface area is 124 Å². The molecule has 2 N–H and O–H groups in total. The molecule has 1 amide bonds. The molecule has 1 aliphatic carbocycles. The zero-order valence-electron chi connectivity index (χ0n) is 11.9. The normalized spacial score (nSPS) is 16.1. The van der Waals surface area contributed by atoms with Gasteiger partial charge in [0.25, 0.3) is 5.91 Å². The van der Waals surface area contributed by atoms with E-state index in [2.05, 4.69) is 0 Å². The quantitative estimate of drug-likeness (QED) is 0.921. The van der Waals surface area contributed by atoms with Crippen molar-refractivity contribution in [3.05, 3.63) is 29.6 Å². The van der Waals surface area contributed by atoms with Gasteiger partial charge in [-0.1, -0.05) is 12.8 Å². The van der Waals surface area contributed by atoms with Gasteiger partial charge in [0.05, 0.1) is 4.90 Å². The van der Waals surface area contributed by atoms with Crippen LogP contribution in [0.3, 0.4) is 0 Å². The zero-order valence-corrected chi connectivity index (χ0v) is 12.7. The molecule has 1 aliphatic rings. The molecular formula is C14H19FN2O3S. The molecule has 0 aromatic heterocycles. The second-order valence-corrected chi connectivity index (χ2v) is 6.81. The van der Waals surface area contributed by atoms with Crippen molar-refractivity contribution in [3.63, 3.8) is 0 Å². The van der Waals surface area contributed by atoms with Crippen molar-refractivity contribution in [2.45, 2.75) is 43.5 Å². The van der Waals surface area contributed by atoms with Crippen LogP contribution in [0.4, 0.5) is 4.39 Å². The SMILES string of the molecule is CCN(C(=O)c1cc(F)cc(S(N)(=O)=O)c1)C1CCCC1. The molecule has 5 nitrogen and oxygen atoms in total. The molecule has 0 bridgehead atoms. The summed E-state index contributed by atoms with van der Waals surface area (Å²) in [5, 5.41) is 5.01. The van der Waals surface area contributed by atoms with E-state index >= 15 is 0 Å². The van der Waals surface area contributed by atoms with E-state index in [0.717, 1.165) is 43.9 Å². The highest BCUT2D eigenvalue weighted by molar-refractivity contribution is 7.89. The first-order chi connectivity index (χ1) is 9.82. The van der Waals surface area contributed by atoms with Crippen molar-refractivity contribution < 1.29 is 17.6 Å². The fourth-order valence-corrected chi connectivity index (χ4v) is 3.37. The number of hydrogen-bond donors (Lipinski definition) is 1. The highest BCUT2D eigenvalue weighted by Crippen LogP contribution is 2.25. The summed E-state index contributed by atoms with van der Waals surface area (Å²) >= 11 is 0. The molecule has 0 saturated heterocycles. The van der Waals surface area contributed by atoms with E-state index in [4.69, 9.17) is 5.14 Å². The molecule has 1 fully saturated rings. The van der Waals surface area contributed by atoms with Crippen molar-refractivity contribution in [2.24, 2.45) is 5.14 Å². The van der Waals surface area contributed by atoms with Crippen LogP contribution in [-0.4, -0.2) is 31.8 Å². The van der Waals surface area contributed by atoms with Gasteiger partial charge in [-0.15, -0.1) is 0 Å². The molecule has 0 atom stereocenters. The molecule has 0 heterocycles. The Morgan fingerprint density at radius 1 is 1.33 bits per heavy atom. The zero-order chi connectivity index (χ0) is 15.6. The standard InChI is InChI=1S/C14H19FN2O3S/c1-2-17(12-5-3-4-6-12)14(18)10-7-11(15)9-13(8-10)21(16,19)20/h7-9,12H,2-6H2,1H3,(H2,16,19,20). The number of nitrogens with two attached hydrogens (primary N) is 1. The van der Waals surface area contributed by atoms with E-state index in [1.807, 2.05) is 6.92 Å². The highest BCUT2D eigenvalue weighted by atomic mass is 32.2. The lowest BCUT2D eigenvalue weighted by Crippen LogP contribution is -2.38. The average molecular weight is 314 g/mol. The molecular weight excluding hydrogens is 295 g/mol. The Balaban J connectivity index is 2.35. The van der Waals surface area contributed by atoms with Crippen LogP contribution in [0.5, 0.6) is 0 Å². The largest absolute Gasteiger partial charge is 0.336 e. The van der Waals surface area contributed by atoms with Gasteiger partial charge in [0, 0.05) is 18.2 Å². The number of rotatable bonds is 4. The molecule has 0 radical (unpaired) electrons. The van der Waals surface area contributed by atoms with Crippen LogP contribution in [0.25, 0.3) is 0 Å².